The van der Waals surface area contributed by atoms with E-state index in [2.05, 4.69) is 15.6 Å². The van der Waals surface area contributed by atoms with E-state index < -0.39 is 0 Å². The Bertz CT molecular complexity index is 795. The molecule has 1 aromatic carbocycles. The molecule has 0 bridgehead atoms. The average molecular weight is 525 g/mol. The van der Waals surface area contributed by atoms with Crippen molar-refractivity contribution in [3.8, 4) is 0 Å². The molecule has 2 aromatic rings. The zero-order chi connectivity index (χ0) is 19.1. The summed E-state index contributed by atoms with van der Waals surface area (Å²) >= 11 is 12.1. The van der Waals surface area contributed by atoms with Crippen molar-refractivity contribution in [1.29, 1.82) is 0 Å². The van der Waals surface area contributed by atoms with Crippen molar-refractivity contribution in [3.63, 3.8) is 0 Å². The van der Waals surface area contributed by atoms with Gasteiger partial charge in [0.15, 0.2) is 11.7 Å². The second kappa shape index (κ2) is 11.4. The van der Waals surface area contributed by atoms with Crippen LogP contribution in [0.2, 0.25) is 10.0 Å². The van der Waals surface area contributed by atoms with Crippen LogP contribution in [0.1, 0.15) is 41.1 Å². The van der Waals surface area contributed by atoms with Gasteiger partial charge < -0.3 is 20.8 Å². The minimum Gasteiger partial charge on any atom is -0.459 e. The number of hydrogen-bond donors (Lipinski definition) is 3. The lowest BCUT2D eigenvalue weighted by Gasteiger charge is -2.16. The van der Waals surface area contributed by atoms with Crippen LogP contribution in [-0.2, 0) is 0 Å². The summed E-state index contributed by atoms with van der Waals surface area (Å²) in [6.07, 6.45) is 2.15. The number of halogens is 3. The molecule has 1 atom stereocenters. The molecule has 148 valence electrons. The Morgan fingerprint density at radius 1 is 1.33 bits per heavy atom. The predicted octanol–water partition coefficient (Wildman–Crippen LogP) is 4.30. The first-order chi connectivity index (χ1) is 12.4. The summed E-state index contributed by atoms with van der Waals surface area (Å²) in [5.74, 6) is 0.425. The Kier molecular flexibility index (Phi) is 9.97. The number of nitrogens with zero attached hydrogens (tertiary/aromatic N) is 1. The van der Waals surface area contributed by atoms with Crippen molar-refractivity contribution in [2.24, 2.45) is 10.7 Å². The first-order valence-corrected chi connectivity index (χ1v) is 8.97. The van der Waals surface area contributed by atoms with E-state index in [1.165, 1.54) is 6.26 Å². The van der Waals surface area contributed by atoms with Crippen LogP contribution in [0.25, 0.3) is 0 Å². The van der Waals surface area contributed by atoms with Gasteiger partial charge in [-0.3, -0.25) is 9.79 Å². The van der Waals surface area contributed by atoms with Crippen LogP contribution in [0.4, 0.5) is 0 Å². The lowest BCUT2D eigenvalue weighted by molar-refractivity contribution is 0.0925. The molecule has 0 saturated carbocycles. The van der Waals surface area contributed by atoms with Gasteiger partial charge in [0.2, 0.25) is 0 Å². The largest absolute Gasteiger partial charge is 0.459 e. The molecule has 27 heavy (non-hydrogen) atoms. The summed E-state index contributed by atoms with van der Waals surface area (Å²) in [4.78, 5) is 16.1. The van der Waals surface area contributed by atoms with Crippen LogP contribution in [0, 0.1) is 6.92 Å². The number of amides is 1. The molecule has 0 aliphatic carbocycles. The lowest BCUT2D eigenvalue weighted by atomic mass is 10.1. The Hall–Kier alpha value is -1.45. The Balaban J connectivity index is 0.00000364. The molecule has 0 fully saturated rings. The fourth-order valence-electron chi connectivity index (χ4n) is 2.36. The molecule has 1 aromatic heterocycles. The number of rotatable bonds is 7. The number of aryl methyl sites for hydroxylation is 1. The van der Waals surface area contributed by atoms with E-state index in [4.69, 9.17) is 33.4 Å². The number of furan rings is 1. The molecule has 6 nitrogen and oxygen atoms in total. The molecule has 0 radical (unpaired) electrons. The molecule has 0 saturated heterocycles. The highest BCUT2D eigenvalue weighted by atomic mass is 127. The highest BCUT2D eigenvalue weighted by molar-refractivity contribution is 14.0. The fraction of sp³-hybridized carbons (Fsp3) is 0.333. The van der Waals surface area contributed by atoms with Gasteiger partial charge in [0.05, 0.1) is 12.3 Å². The third-order valence-corrected chi connectivity index (χ3v) is 4.33. The summed E-state index contributed by atoms with van der Waals surface area (Å²) < 4.78 is 5.14. The Morgan fingerprint density at radius 3 is 2.70 bits per heavy atom. The van der Waals surface area contributed by atoms with E-state index in [0.29, 0.717) is 41.3 Å². The summed E-state index contributed by atoms with van der Waals surface area (Å²) in [7, 11) is 0. The smallest absolute Gasteiger partial charge is 0.287 e. The van der Waals surface area contributed by atoms with Crippen LogP contribution < -0.4 is 16.4 Å². The van der Waals surface area contributed by atoms with Crippen molar-refractivity contribution in [1.82, 2.24) is 10.6 Å². The van der Waals surface area contributed by atoms with E-state index >= 15 is 0 Å². The number of guanidine groups is 1. The summed E-state index contributed by atoms with van der Waals surface area (Å²) in [6, 6.07) is 6.96. The number of hydrogen-bond acceptors (Lipinski definition) is 3. The van der Waals surface area contributed by atoms with Gasteiger partial charge in [-0.15, -0.1) is 24.0 Å². The minimum absolute atomic E-state index is 0. The van der Waals surface area contributed by atoms with Crippen molar-refractivity contribution >= 4 is 59.0 Å². The zero-order valence-corrected chi connectivity index (χ0v) is 18.9. The molecular weight excluding hydrogens is 502 g/mol. The van der Waals surface area contributed by atoms with Gasteiger partial charge in [0, 0.05) is 28.7 Å². The SMILES string of the molecule is Cc1ccoc1C(=O)NCCCN=C(N)NC(C)c1ccc(Cl)cc1Cl.I. The monoisotopic (exact) mass is 524 g/mol. The van der Waals surface area contributed by atoms with Crippen molar-refractivity contribution < 1.29 is 9.21 Å². The maximum atomic E-state index is 11.9. The van der Waals surface area contributed by atoms with E-state index in [1.807, 2.05) is 19.9 Å². The second-order valence-electron chi connectivity index (χ2n) is 5.84. The van der Waals surface area contributed by atoms with Gasteiger partial charge in [0.25, 0.3) is 5.91 Å². The number of nitrogens with one attached hydrogen (secondary N) is 2. The normalized spacial score (nSPS) is 12.2. The first-order valence-electron chi connectivity index (χ1n) is 8.22. The zero-order valence-electron chi connectivity index (χ0n) is 15.1. The van der Waals surface area contributed by atoms with Gasteiger partial charge >= 0.3 is 0 Å². The standard InChI is InChI=1S/C18H22Cl2N4O2.HI/c1-11-6-9-26-16(11)17(25)22-7-3-8-23-18(21)24-12(2)14-5-4-13(19)10-15(14)20;/h4-6,9-10,12H,3,7-8H2,1-2H3,(H,22,25)(H3,21,23,24);1H. The van der Waals surface area contributed by atoms with E-state index in [9.17, 15) is 4.79 Å². The minimum atomic E-state index is -0.228. The average Bonchev–Trinajstić information content (AvgIpc) is 3.00. The summed E-state index contributed by atoms with van der Waals surface area (Å²) in [5.41, 5.74) is 7.59. The third kappa shape index (κ3) is 7.23. The van der Waals surface area contributed by atoms with Gasteiger partial charge in [-0.25, -0.2) is 0 Å². The highest BCUT2D eigenvalue weighted by Crippen LogP contribution is 2.25. The van der Waals surface area contributed by atoms with Crippen LogP contribution >= 0.6 is 47.2 Å². The number of nitrogens with two attached hydrogens (primary N) is 1. The number of benzene rings is 1. The van der Waals surface area contributed by atoms with E-state index in [0.717, 1.165) is 11.1 Å². The Labute approximate surface area is 185 Å². The maximum Gasteiger partial charge on any atom is 0.287 e. The molecule has 0 aliphatic heterocycles. The lowest BCUT2D eigenvalue weighted by Crippen LogP contribution is -2.34. The van der Waals surface area contributed by atoms with Crippen LogP contribution in [-0.4, -0.2) is 25.0 Å². The molecule has 0 aliphatic rings. The predicted molar refractivity (Wildman–Crippen MR) is 120 cm³/mol. The molecular formula is C18H23Cl2IN4O2. The van der Waals surface area contributed by atoms with Crippen molar-refractivity contribution in [2.45, 2.75) is 26.3 Å². The molecule has 4 N–H and O–H groups in total. The third-order valence-electron chi connectivity index (χ3n) is 3.76. The number of aliphatic imine (C=N–C) groups is 1. The van der Waals surface area contributed by atoms with Crippen LogP contribution in [0.15, 0.2) is 39.9 Å². The van der Waals surface area contributed by atoms with Crippen LogP contribution in [0.3, 0.4) is 0 Å². The van der Waals surface area contributed by atoms with Crippen molar-refractivity contribution in [3.05, 3.63) is 57.5 Å². The van der Waals surface area contributed by atoms with E-state index in [-0.39, 0.29) is 35.9 Å². The molecule has 1 unspecified atom stereocenters. The topological polar surface area (TPSA) is 92.7 Å². The van der Waals surface area contributed by atoms with Crippen LogP contribution in [0.5, 0.6) is 0 Å². The summed E-state index contributed by atoms with van der Waals surface area (Å²) in [6.45, 7) is 4.72. The second-order valence-corrected chi connectivity index (χ2v) is 6.68. The van der Waals surface area contributed by atoms with Crippen molar-refractivity contribution in [2.75, 3.05) is 13.1 Å². The first kappa shape index (κ1) is 23.6. The molecule has 0 spiro atoms. The van der Waals surface area contributed by atoms with Gasteiger partial charge in [-0.1, -0.05) is 29.3 Å². The Morgan fingerprint density at radius 2 is 2.07 bits per heavy atom. The van der Waals surface area contributed by atoms with E-state index in [1.54, 1.807) is 18.2 Å². The quantitative estimate of drug-likeness (QED) is 0.218. The number of carbonyl (C=O) groups excluding carboxylic acids is 1. The van der Waals surface area contributed by atoms with Gasteiger partial charge in [0.1, 0.15) is 0 Å². The molecule has 2 rings (SSSR count). The summed E-state index contributed by atoms with van der Waals surface area (Å²) in [5, 5.41) is 7.02. The molecule has 9 heteroatoms. The van der Waals surface area contributed by atoms with Gasteiger partial charge in [-0.2, -0.15) is 0 Å². The number of carbonyl (C=O) groups is 1. The van der Waals surface area contributed by atoms with Gasteiger partial charge in [-0.05, 0) is 44.0 Å². The molecule has 1 heterocycles. The maximum absolute atomic E-state index is 11.9. The molecule has 1 amide bonds. The fourth-order valence-corrected chi connectivity index (χ4v) is 2.94. The highest BCUT2D eigenvalue weighted by Gasteiger charge is 2.12.